The molecule has 0 radical (unpaired) electrons. The lowest BCUT2D eigenvalue weighted by molar-refractivity contribution is -0.131. The molecule has 0 amide bonds. The lowest BCUT2D eigenvalue weighted by Gasteiger charge is -2.02. The summed E-state index contributed by atoms with van der Waals surface area (Å²) in [4.78, 5) is 14.7. The first kappa shape index (κ1) is 11.1. The van der Waals surface area contributed by atoms with Crippen molar-refractivity contribution in [2.45, 2.75) is 0 Å². The Balaban J connectivity index is 2.41. The Morgan fingerprint density at radius 1 is 1.35 bits per heavy atom. The molecule has 0 spiro atoms. The Hall–Kier alpha value is -2.36. The lowest BCUT2D eigenvalue weighted by atomic mass is 10.1. The number of nitrogens with zero attached hydrogens (tertiary/aromatic N) is 1. The lowest BCUT2D eigenvalue weighted by Crippen LogP contribution is -1.88. The molecule has 2 rings (SSSR count). The maximum Gasteiger partial charge on any atom is 0.328 e. The third-order valence-corrected chi connectivity index (χ3v) is 2.32. The van der Waals surface area contributed by atoms with Crippen molar-refractivity contribution in [3.63, 3.8) is 0 Å². The molecule has 0 aliphatic heterocycles. The molecule has 0 fully saturated rings. The number of rotatable bonds is 3. The van der Waals surface area contributed by atoms with E-state index in [0.29, 0.717) is 5.88 Å². The van der Waals surface area contributed by atoms with Gasteiger partial charge in [-0.1, -0.05) is 6.07 Å². The molecule has 0 unspecified atom stereocenters. The number of ether oxygens (including phenoxy) is 1. The largest absolute Gasteiger partial charge is 0.481 e. The summed E-state index contributed by atoms with van der Waals surface area (Å²) in [6.07, 6.45) is 2.66. The second kappa shape index (κ2) is 4.65. The molecule has 4 nitrogen and oxygen atoms in total. The fourth-order valence-electron chi connectivity index (χ4n) is 1.51. The van der Waals surface area contributed by atoms with Crippen LogP contribution in [0, 0.1) is 0 Å². The van der Waals surface area contributed by atoms with E-state index in [2.05, 4.69) is 4.98 Å². The van der Waals surface area contributed by atoms with Crippen molar-refractivity contribution < 1.29 is 14.6 Å². The Kier molecular flexibility index (Phi) is 3.05. The van der Waals surface area contributed by atoms with Crippen LogP contribution < -0.4 is 4.74 Å². The molecule has 0 saturated carbocycles. The minimum Gasteiger partial charge on any atom is -0.481 e. The van der Waals surface area contributed by atoms with E-state index in [9.17, 15) is 4.79 Å². The zero-order valence-corrected chi connectivity index (χ0v) is 9.25. The summed E-state index contributed by atoms with van der Waals surface area (Å²) in [6.45, 7) is 0. The van der Waals surface area contributed by atoms with Gasteiger partial charge in [0.2, 0.25) is 5.88 Å². The van der Waals surface area contributed by atoms with Gasteiger partial charge in [-0.25, -0.2) is 9.78 Å². The van der Waals surface area contributed by atoms with Gasteiger partial charge in [-0.05, 0) is 29.8 Å². The number of methoxy groups -OCH3 is 1. The van der Waals surface area contributed by atoms with Crippen LogP contribution in [0.2, 0.25) is 0 Å². The van der Waals surface area contributed by atoms with Crippen LogP contribution in [0.3, 0.4) is 0 Å². The second-order valence-corrected chi connectivity index (χ2v) is 3.48. The number of aromatic nitrogens is 1. The molecule has 2 aromatic rings. The monoisotopic (exact) mass is 229 g/mol. The third kappa shape index (κ3) is 2.60. The molecule has 1 heterocycles. The Morgan fingerprint density at radius 3 is 2.88 bits per heavy atom. The van der Waals surface area contributed by atoms with Gasteiger partial charge < -0.3 is 9.84 Å². The van der Waals surface area contributed by atoms with E-state index in [1.54, 1.807) is 19.3 Å². The molecule has 0 aliphatic rings. The van der Waals surface area contributed by atoms with Crippen LogP contribution in [0.25, 0.3) is 17.0 Å². The van der Waals surface area contributed by atoms with Gasteiger partial charge in [0.15, 0.2) is 0 Å². The minimum absolute atomic E-state index is 0.561. The van der Waals surface area contributed by atoms with Crippen LogP contribution in [0.15, 0.2) is 36.4 Å². The van der Waals surface area contributed by atoms with Crippen molar-refractivity contribution in [2.24, 2.45) is 0 Å². The maximum atomic E-state index is 10.4. The van der Waals surface area contributed by atoms with E-state index >= 15 is 0 Å². The highest BCUT2D eigenvalue weighted by molar-refractivity contribution is 5.87. The fourth-order valence-corrected chi connectivity index (χ4v) is 1.51. The molecule has 0 saturated heterocycles. The Bertz CT molecular complexity index is 590. The number of carbonyl (C=O) groups is 1. The zero-order valence-electron chi connectivity index (χ0n) is 9.25. The van der Waals surface area contributed by atoms with Gasteiger partial charge in [-0.15, -0.1) is 0 Å². The molecule has 86 valence electrons. The zero-order chi connectivity index (χ0) is 12.3. The van der Waals surface area contributed by atoms with Crippen LogP contribution >= 0.6 is 0 Å². The predicted octanol–water partition coefficient (Wildman–Crippen LogP) is 2.34. The van der Waals surface area contributed by atoms with Crippen molar-refractivity contribution in [3.05, 3.63) is 42.0 Å². The highest BCUT2D eigenvalue weighted by Gasteiger charge is 1.98. The minimum atomic E-state index is -0.960. The van der Waals surface area contributed by atoms with Crippen LogP contribution in [0.5, 0.6) is 5.88 Å². The highest BCUT2D eigenvalue weighted by atomic mass is 16.5. The average Bonchev–Trinajstić information content (AvgIpc) is 2.35. The van der Waals surface area contributed by atoms with E-state index < -0.39 is 5.97 Å². The van der Waals surface area contributed by atoms with Crippen LogP contribution in [-0.4, -0.2) is 23.2 Å². The van der Waals surface area contributed by atoms with Gasteiger partial charge in [0.25, 0.3) is 0 Å². The van der Waals surface area contributed by atoms with Gasteiger partial charge in [0.05, 0.1) is 12.6 Å². The average molecular weight is 229 g/mol. The van der Waals surface area contributed by atoms with Gasteiger partial charge >= 0.3 is 5.97 Å². The third-order valence-electron chi connectivity index (χ3n) is 2.32. The molecule has 1 aromatic carbocycles. The molecule has 1 aromatic heterocycles. The summed E-state index contributed by atoms with van der Waals surface area (Å²) in [5, 5.41) is 9.48. The SMILES string of the molecule is COc1ccc2cc(C=CC(=O)O)ccc2n1. The summed E-state index contributed by atoms with van der Waals surface area (Å²) in [5.41, 5.74) is 1.64. The molecular weight excluding hydrogens is 218 g/mol. The molecule has 1 N–H and O–H groups in total. The van der Waals surface area contributed by atoms with E-state index in [1.807, 2.05) is 24.3 Å². The summed E-state index contributed by atoms with van der Waals surface area (Å²) >= 11 is 0. The fraction of sp³-hybridized carbons (Fsp3) is 0.0769. The highest BCUT2D eigenvalue weighted by Crippen LogP contribution is 2.18. The summed E-state index contributed by atoms with van der Waals surface area (Å²) in [5.74, 6) is -0.399. The number of fused-ring (bicyclic) bond motifs is 1. The number of hydrogen-bond acceptors (Lipinski definition) is 3. The van der Waals surface area contributed by atoms with Gasteiger partial charge in [0.1, 0.15) is 0 Å². The van der Waals surface area contributed by atoms with Crippen molar-refractivity contribution in [1.29, 1.82) is 0 Å². The smallest absolute Gasteiger partial charge is 0.328 e. The number of carboxylic acid groups (broad SMARTS) is 1. The standard InChI is InChI=1S/C13H11NO3/c1-17-12-6-4-10-8-9(3-7-13(15)16)2-5-11(10)14-12/h2-8H,1H3,(H,15,16). The molecular formula is C13H11NO3. The number of carboxylic acids is 1. The summed E-state index contributed by atoms with van der Waals surface area (Å²) in [6, 6.07) is 9.18. The quantitative estimate of drug-likeness (QED) is 0.820. The molecule has 4 heteroatoms. The second-order valence-electron chi connectivity index (χ2n) is 3.48. The van der Waals surface area contributed by atoms with E-state index in [-0.39, 0.29) is 0 Å². The van der Waals surface area contributed by atoms with Gasteiger partial charge in [0, 0.05) is 17.5 Å². The Morgan fingerprint density at radius 2 is 2.18 bits per heavy atom. The van der Waals surface area contributed by atoms with Gasteiger partial charge in [-0.2, -0.15) is 0 Å². The topological polar surface area (TPSA) is 59.4 Å². The number of aliphatic carboxylic acids is 1. The van der Waals surface area contributed by atoms with Crippen LogP contribution in [0.1, 0.15) is 5.56 Å². The maximum absolute atomic E-state index is 10.4. The van der Waals surface area contributed by atoms with Crippen molar-refractivity contribution in [3.8, 4) is 5.88 Å². The number of benzene rings is 1. The molecule has 0 atom stereocenters. The predicted molar refractivity (Wildman–Crippen MR) is 65.0 cm³/mol. The van der Waals surface area contributed by atoms with Crippen LogP contribution in [-0.2, 0) is 4.79 Å². The Labute approximate surface area is 98.2 Å². The number of pyridine rings is 1. The van der Waals surface area contributed by atoms with Crippen molar-refractivity contribution in [1.82, 2.24) is 4.98 Å². The molecule has 0 bridgehead atoms. The normalized spacial score (nSPS) is 10.9. The van der Waals surface area contributed by atoms with E-state index in [0.717, 1.165) is 22.5 Å². The van der Waals surface area contributed by atoms with Crippen molar-refractivity contribution >= 4 is 22.9 Å². The van der Waals surface area contributed by atoms with E-state index in [4.69, 9.17) is 9.84 Å². The first-order chi connectivity index (χ1) is 8.19. The first-order valence-corrected chi connectivity index (χ1v) is 5.05. The van der Waals surface area contributed by atoms with E-state index in [1.165, 1.54) is 0 Å². The number of hydrogen-bond donors (Lipinski definition) is 1. The summed E-state index contributed by atoms with van der Waals surface area (Å²) < 4.78 is 5.03. The van der Waals surface area contributed by atoms with Crippen molar-refractivity contribution in [2.75, 3.05) is 7.11 Å². The first-order valence-electron chi connectivity index (χ1n) is 5.05. The van der Waals surface area contributed by atoms with Gasteiger partial charge in [-0.3, -0.25) is 0 Å². The molecule has 17 heavy (non-hydrogen) atoms. The van der Waals surface area contributed by atoms with Crippen LogP contribution in [0.4, 0.5) is 0 Å². The molecule has 0 aliphatic carbocycles. The summed E-state index contributed by atoms with van der Waals surface area (Å²) in [7, 11) is 1.57.